The zero-order chi connectivity index (χ0) is 17.5. The summed E-state index contributed by atoms with van der Waals surface area (Å²) in [4.78, 5) is 0. The molecule has 1 aliphatic heterocycles. The molecule has 0 saturated carbocycles. The fourth-order valence-corrected chi connectivity index (χ4v) is 3.61. The first-order valence-electron chi connectivity index (χ1n) is 8.79. The van der Waals surface area contributed by atoms with Gasteiger partial charge in [0.05, 0.1) is 0 Å². The molecule has 2 aromatic rings. The van der Waals surface area contributed by atoms with E-state index in [1.54, 1.807) is 0 Å². The van der Waals surface area contributed by atoms with Crippen LogP contribution in [0.2, 0.25) is 10.0 Å². The molecule has 3 rings (SSSR count). The van der Waals surface area contributed by atoms with Gasteiger partial charge in [0.1, 0.15) is 12.4 Å². The van der Waals surface area contributed by atoms with Gasteiger partial charge < -0.3 is 15.4 Å². The Labute approximate surface area is 159 Å². The number of rotatable bonds is 7. The van der Waals surface area contributed by atoms with Gasteiger partial charge in [-0.1, -0.05) is 47.5 Å². The second-order valence-electron chi connectivity index (χ2n) is 6.42. The first-order chi connectivity index (χ1) is 12.2. The summed E-state index contributed by atoms with van der Waals surface area (Å²) in [6.45, 7) is 4.47. The Hall–Kier alpha value is -1.26. The van der Waals surface area contributed by atoms with Crippen molar-refractivity contribution in [3.8, 4) is 5.75 Å². The number of halogens is 2. The van der Waals surface area contributed by atoms with Crippen molar-refractivity contribution in [1.29, 1.82) is 0 Å². The summed E-state index contributed by atoms with van der Waals surface area (Å²) in [6.07, 6.45) is 2.49. The van der Waals surface area contributed by atoms with Gasteiger partial charge >= 0.3 is 0 Å². The number of nitrogens with one attached hydrogen (secondary N) is 2. The lowest BCUT2D eigenvalue weighted by molar-refractivity contribution is 0.301. The third-order valence-corrected chi connectivity index (χ3v) is 5.32. The van der Waals surface area contributed by atoms with Crippen LogP contribution in [0.3, 0.4) is 0 Å². The van der Waals surface area contributed by atoms with Gasteiger partial charge in [-0.25, -0.2) is 0 Å². The van der Waals surface area contributed by atoms with Crippen LogP contribution in [0.4, 0.5) is 0 Å². The van der Waals surface area contributed by atoms with Crippen LogP contribution in [-0.2, 0) is 13.2 Å². The zero-order valence-electron chi connectivity index (χ0n) is 14.2. The van der Waals surface area contributed by atoms with Crippen LogP contribution in [0.25, 0.3) is 0 Å². The van der Waals surface area contributed by atoms with Gasteiger partial charge in [0.25, 0.3) is 0 Å². The number of ether oxygens (including phenoxy) is 1. The first-order valence-corrected chi connectivity index (χ1v) is 9.54. The van der Waals surface area contributed by atoms with E-state index in [9.17, 15) is 0 Å². The summed E-state index contributed by atoms with van der Waals surface area (Å²) in [6, 6.07) is 13.6. The summed E-state index contributed by atoms with van der Waals surface area (Å²) in [5.41, 5.74) is 1.97. The maximum absolute atomic E-state index is 6.22. The second-order valence-corrected chi connectivity index (χ2v) is 7.24. The van der Waals surface area contributed by atoms with Crippen molar-refractivity contribution < 1.29 is 4.74 Å². The topological polar surface area (TPSA) is 33.3 Å². The smallest absolute Gasteiger partial charge is 0.124 e. The number of para-hydroxylation sites is 1. The van der Waals surface area contributed by atoms with Crippen LogP contribution in [0.1, 0.15) is 24.0 Å². The maximum atomic E-state index is 6.22. The number of piperidine rings is 1. The minimum Gasteiger partial charge on any atom is -0.488 e. The van der Waals surface area contributed by atoms with Crippen molar-refractivity contribution in [2.45, 2.75) is 26.0 Å². The van der Waals surface area contributed by atoms with Crippen LogP contribution in [0, 0.1) is 5.92 Å². The summed E-state index contributed by atoms with van der Waals surface area (Å²) < 4.78 is 6.01. The van der Waals surface area contributed by atoms with Crippen LogP contribution < -0.4 is 15.4 Å². The normalized spacial score (nSPS) is 15.3. The lowest BCUT2D eigenvalue weighted by Crippen LogP contribution is -2.33. The summed E-state index contributed by atoms with van der Waals surface area (Å²) in [5.74, 6) is 1.63. The number of hydrogen-bond acceptors (Lipinski definition) is 3. The van der Waals surface area contributed by atoms with E-state index in [0.29, 0.717) is 16.7 Å². The molecule has 2 aromatic carbocycles. The average molecular weight is 379 g/mol. The molecule has 0 bridgehead atoms. The lowest BCUT2D eigenvalue weighted by atomic mass is 9.98. The second kappa shape index (κ2) is 9.44. The van der Waals surface area contributed by atoms with Gasteiger partial charge in [0.2, 0.25) is 0 Å². The fourth-order valence-electron chi connectivity index (χ4n) is 3.11. The largest absolute Gasteiger partial charge is 0.488 e. The average Bonchev–Trinajstić information content (AvgIpc) is 2.63. The Kier molecular flexibility index (Phi) is 7.00. The third-order valence-electron chi connectivity index (χ3n) is 4.61. The molecule has 25 heavy (non-hydrogen) atoms. The molecule has 0 radical (unpaired) electrons. The van der Waals surface area contributed by atoms with Gasteiger partial charge in [0.15, 0.2) is 0 Å². The molecule has 0 aliphatic carbocycles. The van der Waals surface area contributed by atoms with E-state index in [0.717, 1.165) is 49.0 Å². The molecule has 1 saturated heterocycles. The van der Waals surface area contributed by atoms with Crippen molar-refractivity contribution >= 4 is 23.2 Å². The summed E-state index contributed by atoms with van der Waals surface area (Å²) >= 11 is 12.4. The molecule has 0 amide bonds. The molecule has 1 fully saturated rings. The van der Waals surface area contributed by atoms with Gasteiger partial charge in [-0.05, 0) is 56.6 Å². The predicted molar refractivity (Wildman–Crippen MR) is 105 cm³/mol. The highest BCUT2D eigenvalue weighted by atomic mass is 35.5. The Morgan fingerprint density at radius 3 is 2.48 bits per heavy atom. The molecule has 134 valence electrons. The molecule has 2 N–H and O–H groups in total. The molecule has 0 atom stereocenters. The third kappa shape index (κ3) is 5.35. The van der Waals surface area contributed by atoms with E-state index in [4.69, 9.17) is 27.9 Å². The maximum Gasteiger partial charge on any atom is 0.124 e. The van der Waals surface area contributed by atoms with E-state index in [-0.39, 0.29) is 0 Å². The van der Waals surface area contributed by atoms with E-state index < -0.39 is 0 Å². The number of hydrogen-bond donors (Lipinski definition) is 2. The molecule has 3 nitrogen and oxygen atoms in total. The minimum atomic E-state index is 0.365. The molecule has 0 spiro atoms. The Balaban J connectivity index is 1.57. The van der Waals surface area contributed by atoms with E-state index in [1.165, 1.54) is 12.8 Å². The van der Waals surface area contributed by atoms with Crippen LogP contribution in [-0.4, -0.2) is 19.6 Å². The van der Waals surface area contributed by atoms with Crippen molar-refractivity contribution in [1.82, 2.24) is 10.6 Å². The molecular formula is C20H24Cl2N2O. The summed E-state index contributed by atoms with van der Waals surface area (Å²) in [5, 5.41) is 8.24. The van der Waals surface area contributed by atoms with Gasteiger partial charge in [-0.15, -0.1) is 0 Å². The Bertz CT molecular complexity index is 667. The summed E-state index contributed by atoms with van der Waals surface area (Å²) in [7, 11) is 0. The van der Waals surface area contributed by atoms with Crippen molar-refractivity contribution in [2.24, 2.45) is 5.92 Å². The molecule has 0 aromatic heterocycles. The Morgan fingerprint density at radius 1 is 1.00 bits per heavy atom. The highest BCUT2D eigenvalue weighted by molar-refractivity contribution is 6.35. The van der Waals surface area contributed by atoms with Crippen LogP contribution in [0.5, 0.6) is 5.75 Å². The van der Waals surface area contributed by atoms with E-state index in [2.05, 4.69) is 16.7 Å². The SMILES string of the molecule is Clc1cccc(Cl)c1COc1ccccc1CNCC1CCNCC1. The first kappa shape index (κ1) is 18.5. The van der Waals surface area contributed by atoms with Gasteiger partial charge in [-0.3, -0.25) is 0 Å². The highest BCUT2D eigenvalue weighted by Crippen LogP contribution is 2.27. The minimum absolute atomic E-state index is 0.365. The molecule has 1 aliphatic rings. The van der Waals surface area contributed by atoms with Crippen molar-refractivity contribution in [3.63, 3.8) is 0 Å². The van der Waals surface area contributed by atoms with E-state index >= 15 is 0 Å². The van der Waals surface area contributed by atoms with Gasteiger partial charge in [0, 0.05) is 27.7 Å². The quantitative estimate of drug-likeness (QED) is 0.734. The van der Waals surface area contributed by atoms with Gasteiger partial charge in [-0.2, -0.15) is 0 Å². The zero-order valence-corrected chi connectivity index (χ0v) is 15.7. The molecular weight excluding hydrogens is 355 g/mol. The highest BCUT2D eigenvalue weighted by Gasteiger charge is 2.13. The van der Waals surface area contributed by atoms with Crippen molar-refractivity contribution in [3.05, 3.63) is 63.6 Å². The Morgan fingerprint density at radius 2 is 1.72 bits per heavy atom. The monoisotopic (exact) mass is 378 g/mol. The van der Waals surface area contributed by atoms with Crippen molar-refractivity contribution in [2.75, 3.05) is 19.6 Å². The standard InChI is InChI=1S/C20H24Cl2N2O/c21-18-5-3-6-19(22)17(18)14-25-20-7-2-1-4-16(20)13-24-12-15-8-10-23-11-9-15/h1-7,15,23-24H,8-14H2. The molecule has 1 heterocycles. The number of benzene rings is 2. The lowest BCUT2D eigenvalue weighted by Gasteiger charge is -2.23. The van der Waals surface area contributed by atoms with E-state index in [1.807, 2.05) is 36.4 Å². The van der Waals surface area contributed by atoms with Crippen LogP contribution >= 0.6 is 23.2 Å². The predicted octanol–water partition coefficient (Wildman–Crippen LogP) is 4.66. The van der Waals surface area contributed by atoms with Crippen LogP contribution in [0.15, 0.2) is 42.5 Å². The molecule has 0 unspecified atom stereocenters. The molecule has 5 heteroatoms. The fraction of sp³-hybridized carbons (Fsp3) is 0.400.